The molecule has 7 nitrogen and oxygen atoms in total. The Morgan fingerprint density at radius 1 is 1.20 bits per heavy atom. The van der Waals surface area contributed by atoms with E-state index in [-0.39, 0.29) is 0 Å². The van der Waals surface area contributed by atoms with Crippen molar-refractivity contribution in [3.05, 3.63) is 52.9 Å². The van der Waals surface area contributed by atoms with E-state index in [1.54, 1.807) is 19.2 Å². The zero-order valence-electron chi connectivity index (χ0n) is 17.0. The number of hydrogen-bond donors (Lipinski definition) is 2. The Labute approximate surface area is 178 Å². The number of benzene rings is 2. The third-order valence-corrected chi connectivity index (χ3v) is 5.68. The van der Waals surface area contributed by atoms with Crippen LogP contribution in [0.15, 0.2) is 41.8 Å². The van der Waals surface area contributed by atoms with Crippen LogP contribution in [0, 0.1) is 13.8 Å². The summed E-state index contributed by atoms with van der Waals surface area (Å²) in [6, 6.07) is 11.2. The van der Waals surface area contributed by atoms with Gasteiger partial charge in [0, 0.05) is 10.9 Å². The van der Waals surface area contributed by atoms with Gasteiger partial charge >= 0.3 is 0 Å². The molecule has 2 amide bonds. The molecule has 30 heavy (non-hydrogen) atoms. The number of thiazole rings is 1. The fourth-order valence-electron chi connectivity index (χ4n) is 3.18. The Hall–Kier alpha value is -3.39. The summed E-state index contributed by atoms with van der Waals surface area (Å²) in [4.78, 5) is 30.1. The van der Waals surface area contributed by atoms with Gasteiger partial charge in [0.2, 0.25) is 0 Å². The molecule has 1 atom stereocenters. The van der Waals surface area contributed by atoms with Crippen LogP contribution in [-0.4, -0.2) is 29.5 Å². The van der Waals surface area contributed by atoms with E-state index in [1.165, 1.54) is 18.3 Å². The third kappa shape index (κ3) is 3.50. The Morgan fingerprint density at radius 3 is 2.70 bits per heavy atom. The molecule has 0 saturated heterocycles. The number of ether oxygens (including phenoxy) is 2. The van der Waals surface area contributed by atoms with Gasteiger partial charge in [-0.3, -0.25) is 14.9 Å². The summed E-state index contributed by atoms with van der Waals surface area (Å²) in [6.45, 7) is 5.34. The predicted octanol–water partition coefficient (Wildman–Crippen LogP) is 4.16. The van der Waals surface area contributed by atoms with E-state index < -0.39 is 17.4 Å². The quantitative estimate of drug-likeness (QED) is 0.615. The topological polar surface area (TPSA) is 89.5 Å². The van der Waals surface area contributed by atoms with Gasteiger partial charge in [-0.05, 0) is 50.6 Å². The van der Waals surface area contributed by atoms with Crippen LogP contribution in [0.25, 0.3) is 11.3 Å². The Bertz CT molecular complexity index is 1160. The van der Waals surface area contributed by atoms with Crippen LogP contribution in [0.2, 0.25) is 0 Å². The summed E-state index contributed by atoms with van der Waals surface area (Å²) in [6.07, 6.45) is 0. The highest BCUT2D eigenvalue weighted by atomic mass is 32.1. The van der Waals surface area contributed by atoms with Crippen molar-refractivity contribution in [1.82, 2.24) is 4.98 Å². The molecule has 2 aromatic carbocycles. The first-order valence-electron chi connectivity index (χ1n) is 9.33. The molecular weight excluding hydrogens is 402 g/mol. The first-order chi connectivity index (χ1) is 14.3. The number of rotatable bonds is 4. The molecule has 0 spiro atoms. The number of nitrogens with one attached hydrogen (secondary N) is 2. The molecule has 154 valence electrons. The molecule has 0 bridgehead atoms. The lowest BCUT2D eigenvalue weighted by Gasteiger charge is -2.33. The van der Waals surface area contributed by atoms with Crippen molar-refractivity contribution in [3.8, 4) is 22.8 Å². The number of hydrogen-bond acceptors (Lipinski definition) is 6. The number of aryl methyl sites for hydroxylation is 2. The lowest BCUT2D eigenvalue weighted by atomic mass is 10.0. The smallest absolute Gasteiger partial charge is 0.280 e. The van der Waals surface area contributed by atoms with Crippen molar-refractivity contribution < 1.29 is 19.1 Å². The molecule has 1 aromatic heterocycles. The second-order valence-electron chi connectivity index (χ2n) is 7.28. The minimum Gasteiger partial charge on any atom is -0.496 e. The first-order valence-corrected chi connectivity index (χ1v) is 10.2. The molecule has 2 N–H and O–H groups in total. The van der Waals surface area contributed by atoms with Gasteiger partial charge in [0.05, 0.1) is 18.5 Å². The fourth-order valence-corrected chi connectivity index (χ4v) is 3.89. The van der Waals surface area contributed by atoms with Crippen molar-refractivity contribution in [3.63, 3.8) is 0 Å². The number of aromatic nitrogens is 1. The van der Waals surface area contributed by atoms with Crippen molar-refractivity contribution in [2.45, 2.75) is 26.4 Å². The highest BCUT2D eigenvalue weighted by Crippen LogP contribution is 2.36. The summed E-state index contributed by atoms with van der Waals surface area (Å²) in [5, 5.41) is 7.66. The number of carbonyl (C=O) groups is 2. The van der Waals surface area contributed by atoms with E-state index in [2.05, 4.69) is 15.6 Å². The van der Waals surface area contributed by atoms with E-state index in [1.807, 2.05) is 43.5 Å². The largest absolute Gasteiger partial charge is 0.496 e. The van der Waals surface area contributed by atoms with Gasteiger partial charge in [0.1, 0.15) is 11.5 Å². The standard InChI is InChI=1S/C22H21N3O4S/c1-12-5-7-17(28-4)14(9-12)16-11-30-21(24-16)25-20(27)22(3)19(26)23-15-10-13(2)6-8-18(15)29-22/h5-11H,1-4H3,(H,23,26)(H,24,25,27). The van der Waals surface area contributed by atoms with Gasteiger partial charge in [-0.25, -0.2) is 4.98 Å². The zero-order chi connectivity index (χ0) is 21.5. The number of nitrogens with zero attached hydrogens (tertiary/aromatic N) is 1. The van der Waals surface area contributed by atoms with Crippen LogP contribution in [0.3, 0.4) is 0 Å². The van der Waals surface area contributed by atoms with Crippen LogP contribution >= 0.6 is 11.3 Å². The molecule has 0 radical (unpaired) electrons. The van der Waals surface area contributed by atoms with Gasteiger partial charge < -0.3 is 14.8 Å². The van der Waals surface area contributed by atoms with Crippen molar-refractivity contribution in [1.29, 1.82) is 0 Å². The van der Waals surface area contributed by atoms with Crippen LogP contribution in [-0.2, 0) is 9.59 Å². The Kier molecular flexibility index (Phi) is 4.95. The highest BCUT2D eigenvalue weighted by molar-refractivity contribution is 7.14. The molecule has 0 saturated carbocycles. The highest BCUT2D eigenvalue weighted by Gasteiger charge is 2.47. The maximum atomic E-state index is 12.9. The van der Waals surface area contributed by atoms with E-state index in [4.69, 9.17) is 9.47 Å². The molecule has 0 fully saturated rings. The monoisotopic (exact) mass is 423 g/mol. The molecule has 4 rings (SSSR count). The number of methoxy groups -OCH3 is 1. The SMILES string of the molecule is COc1ccc(C)cc1-c1csc(NC(=O)C2(C)Oc3ccc(C)cc3NC2=O)n1. The third-order valence-electron chi connectivity index (χ3n) is 4.92. The summed E-state index contributed by atoms with van der Waals surface area (Å²) < 4.78 is 11.2. The second-order valence-corrected chi connectivity index (χ2v) is 8.14. The van der Waals surface area contributed by atoms with Crippen molar-refractivity contribution >= 4 is 34.0 Å². The van der Waals surface area contributed by atoms with E-state index in [0.29, 0.717) is 28.0 Å². The minimum absolute atomic E-state index is 0.367. The van der Waals surface area contributed by atoms with Crippen LogP contribution < -0.4 is 20.1 Å². The molecule has 8 heteroatoms. The van der Waals surface area contributed by atoms with Gasteiger partial charge in [-0.15, -0.1) is 11.3 Å². The zero-order valence-corrected chi connectivity index (χ0v) is 17.8. The lowest BCUT2D eigenvalue weighted by molar-refractivity contribution is -0.143. The molecule has 1 unspecified atom stereocenters. The summed E-state index contributed by atoms with van der Waals surface area (Å²) >= 11 is 1.26. The molecule has 2 heterocycles. The average molecular weight is 423 g/mol. The van der Waals surface area contributed by atoms with Gasteiger partial charge in [0.25, 0.3) is 17.4 Å². The van der Waals surface area contributed by atoms with Crippen LogP contribution in [0.4, 0.5) is 10.8 Å². The van der Waals surface area contributed by atoms with Crippen molar-refractivity contribution in [2.75, 3.05) is 17.7 Å². The van der Waals surface area contributed by atoms with Gasteiger partial charge in [0.15, 0.2) is 5.13 Å². The number of anilines is 2. The maximum Gasteiger partial charge on any atom is 0.280 e. The van der Waals surface area contributed by atoms with Gasteiger partial charge in [-0.1, -0.05) is 17.7 Å². The van der Waals surface area contributed by atoms with Gasteiger partial charge in [-0.2, -0.15) is 0 Å². The maximum absolute atomic E-state index is 12.9. The van der Waals surface area contributed by atoms with E-state index in [0.717, 1.165) is 16.7 Å². The minimum atomic E-state index is -1.71. The Balaban J connectivity index is 1.57. The summed E-state index contributed by atoms with van der Waals surface area (Å²) in [5.41, 5.74) is 2.39. The second kappa shape index (κ2) is 7.46. The lowest BCUT2D eigenvalue weighted by Crippen LogP contribution is -2.56. The summed E-state index contributed by atoms with van der Waals surface area (Å²) in [5.74, 6) is 0.0124. The molecule has 3 aromatic rings. The van der Waals surface area contributed by atoms with Crippen molar-refractivity contribution in [2.24, 2.45) is 0 Å². The predicted molar refractivity (Wildman–Crippen MR) is 116 cm³/mol. The Morgan fingerprint density at radius 2 is 1.93 bits per heavy atom. The molecule has 0 aliphatic carbocycles. The van der Waals surface area contributed by atoms with Crippen LogP contribution in [0.1, 0.15) is 18.1 Å². The number of carbonyl (C=O) groups excluding carboxylic acids is 2. The fraction of sp³-hybridized carbons (Fsp3) is 0.227. The van der Waals surface area contributed by atoms with E-state index in [9.17, 15) is 9.59 Å². The normalized spacial score (nSPS) is 17.5. The molecule has 1 aliphatic heterocycles. The molecular formula is C22H21N3O4S. The summed E-state index contributed by atoms with van der Waals surface area (Å²) in [7, 11) is 1.60. The van der Waals surface area contributed by atoms with E-state index >= 15 is 0 Å². The average Bonchev–Trinajstić information content (AvgIpc) is 3.17. The van der Waals surface area contributed by atoms with Crippen LogP contribution in [0.5, 0.6) is 11.5 Å². The number of amides is 2. The first kappa shape index (κ1) is 19.9. The number of fused-ring (bicyclic) bond motifs is 1. The molecule has 1 aliphatic rings.